The Balaban J connectivity index is 0.000000191. The van der Waals surface area contributed by atoms with Crippen molar-refractivity contribution < 1.29 is 42.5 Å². The van der Waals surface area contributed by atoms with Gasteiger partial charge in [0, 0.05) is 24.5 Å². The molecule has 2 amide bonds. The summed E-state index contributed by atoms with van der Waals surface area (Å²) in [6.45, 7) is 4.55. The number of carbonyl (C=O) groups is 4. The van der Waals surface area contributed by atoms with Gasteiger partial charge in [0.15, 0.2) is 5.82 Å². The number of likely N-dealkylation sites (tertiary alicyclic amines) is 2. The SMILES string of the molecule is COC(=O)c1ccnc(O[C@@H]2CC[C@@H](C)N(C(=O)c3ccccc3-n3nccn3)C2)c1Cl.COC(=O)c1ccnc(O[C@@H]2CC[C@@H](C)N(C(=O)c3ccccc3-n3nccn3)C2)c1F. The van der Waals surface area contributed by atoms with Crippen molar-refractivity contribution in [2.75, 3.05) is 27.3 Å². The molecule has 0 unspecified atom stereocenters. The quantitative estimate of drug-likeness (QED) is 0.149. The number of ether oxygens (including phenoxy) is 4. The highest BCUT2D eigenvalue weighted by Crippen LogP contribution is 2.31. The number of aromatic nitrogens is 8. The molecule has 4 atom stereocenters. The number of benzene rings is 2. The van der Waals surface area contributed by atoms with Crippen molar-refractivity contribution >= 4 is 35.4 Å². The lowest BCUT2D eigenvalue weighted by Crippen LogP contribution is -2.49. The molecule has 0 radical (unpaired) electrons. The van der Waals surface area contributed by atoms with Gasteiger partial charge in [-0.05, 0) is 75.9 Å². The second kappa shape index (κ2) is 20.3. The topological polar surface area (TPSA) is 199 Å². The van der Waals surface area contributed by atoms with Gasteiger partial charge in [-0.1, -0.05) is 35.9 Å². The van der Waals surface area contributed by atoms with Crippen LogP contribution in [0.3, 0.4) is 0 Å². The van der Waals surface area contributed by atoms with Crippen molar-refractivity contribution in [3.8, 4) is 23.1 Å². The Hall–Kier alpha value is -7.28. The van der Waals surface area contributed by atoms with Crippen LogP contribution in [0.15, 0.2) is 97.8 Å². The number of halogens is 2. The van der Waals surface area contributed by atoms with Crippen molar-refractivity contribution in [3.63, 3.8) is 0 Å². The fraction of sp³-hybridized carbons (Fsp3) is 0.318. The third kappa shape index (κ3) is 9.83. The first kappa shape index (κ1) is 44.8. The lowest BCUT2D eigenvalue weighted by Gasteiger charge is -2.38. The van der Waals surface area contributed by atoms with Gasteiger partial charge >= 0.3 is 11.9 Å². The van der Waals surface area contributed by atoms with Gasteiger partial charge in [0.2, 0.25) is 5.88 Å². The zero-order valence-corrected chi connectivity index (χ0v) is 36.0. The molecular weight excluding hydrogens is 851 g/mol. The molecule has 2 aliphatic heterocycles. The van der Waals surface area contributed by atoms with Crippen LogP contribution < -0.4 is 9.47 Å². The molecule has 0 N–H and O–H groups in total. The van der Waals surface area contributed by atoms with Gasteiger partial charge in [-0.3, -0.25) is 9.59 Å². The van der Waals surface area contributed by atoms with E-state index < -0.39 is 23.9 Å². The van der Waals surface area contributed by atoms with Crippen LogP contribution in [0, 0.1) is 5.82 Å². The lowest BCUT2D eigenvalue weighted by atomic mass is 9.99. The van der Waals surface area contributed by atoms with E-state index in [9.17, 15) is 23.6 Å². The maximum absolute atomic E-state index is 14.7. The van der Waals surface area contributed by atoms with Gasteiger partial charge in [0.05, 0.1) is 80.2 Å². The average Bonchev–Trinajstić information content (AvgIpc) is 4.07. The van der Waals surface area contributed by atoms with E-state index in [1.807, 2.05) is 32.0 Å². The molecule has 0 bridgehead atoms. The molecule has 6 heterocycles. The third-order valence-electron chi connectivity index (χ3n) is 10.8. The molecule has 8 rings (SSSR count). The monoisotopic (exact) mass is 894 g/mol. The largest absolute Gasteiger partial charge is 0.471 e. The lowest BCUT2D eigenvalue weighted by molar-refractivity contribution is 0.0359. The number of nitrogens with zero attached hydrogens (tertiary/aromatic N) is 10. The molecule has 2 saturated heterocycles. The van der Waals surface area contributed by atoms with Gasteiger partial charge in [0.25, 0.3) is 17.7 Å². The Labute approximate surface area is 371 Å². The van der Waals surface area contributed by atoms with E-state index in [4.69, 9.17) is 25.8 Å². The Bertz CT molecular complexity index is 2420. The highest BCUT2D eigenvalue weighted by Gasteiger charge is 2.35. The number of methoxy groups -OCH3 is 2. The second-order valence-electron chi connectivity index (χ2n) is 14.9. The van der Waals surface area contributed by atoms with Crippen molar-refractivity contribution in [2.24, 2.45) is 0 Å². The summed E-state index contributed by atoms with van der Waals surface area (Å²) in [5.41, 5.74) is 2.05. The van der Waals surface area contributed by atoms with Gasteiger partial charge in [-0.2, -0.15) is 30.0 Å². The van der Waals surface area contributed by atoms with Crippen LogP contribution >= 0.6 is 11.6 Å². The molecular formula is C44H44ClFN10O8. The van der Waals surface area contributed by atoms with Crippen molar-refractivity contribution in [1.82, 2.24) is 49.8 Å². The summed E-state index contributed by atoms with van der Waals surface area (Å²) < 4.78 is 35.8. The average molecular weight is 895 g/mol. The maximum Gasteiger partial charge on any atom is 0.341 e. The van der Waals surface area contributed by atoms with Crippen molar-refractivity contribution in [3.05, 3.63) is 131 Å². The van der Waals surface area contributed by atoms with E-state index in [0.717, 1.165) is 6.42 Å². The molecule has 2 fully saturated rings. The summed E-state index contributed by atoms with van der Waals surface area (Å²) in [6.07, 6.45) is 10.8. The Morgan fingerprint density at radius 3 is 1.48 bits per heavy atom. The van der Waals surface area contributed by atoms with Gasteiger partial charge in [-0.15, -0.1) is 0 Å². The summed E-state index contributed by atoms with van der Waals surface area (Å²) >= 11 is 6.32. The molecule has 64 heavy (non-hydrogen) atoms. The smallest absolute Gasteiger partial charge is 0.341 e. The zero-order valence-electron chi connectivity index (χ0n) is 35.3. The van der Waals surface area contributed by atoms with Crippen LogP contribution in [-0.4, -0.2) is 125 Å². The standard InChI is InChI=1S/C22H22ClN5O4.C22H22FN5O4/c2*1-14-7-8-15(32-20-19(23)17(9-10-24-20)22(30)31-2)13-27(14)21(29)16-5-3-4-6-18(16)28-25-11-12-26-28/h2*3-6,9-12,14-15H,7-8,13H2,1-2H3/t2*14-,15-/m11/s1. The number of pyridine rings is 2. The van der Waals surface area contributed by atoms with E-state index in [1.165, 1.54) is 48.3 Å². The normalized spacial score (nSPS) is 18.3. The van der Waals surface area contributed by atoms with E-state index in [1.54, 1.807) is 64.9 Å². The predicted molar refractivity (Wildman–Crippen MR) is 227 cm³/mol. The first-order chi connectivity index (χ1) is 31.0. The highest BCUT2D eigenvalue weighted by molar-refractivity contribution is 6.34. The van der Waals surface area contributed by atoms with Gasteiger partial charge in [-0.25, -0.2) is 23.9 Å². The number of carbonyl (C=O) groups excluding carboxylic acids is 4. The van der Waals surface area contributed by atoms with E-state index >= 15 is 0 Å². The molecule has 6 aromatic rings. The van der Waals surface area contributed by atoms with Gasteiger partial charge < -0.3 is 28.7 Å². The van der Waals surface area contributed by atoms with Gasteiger partial charge in [0.1, 0.15) is 22.8 Å². The number of amides is 2. The highest BCUT2D eigenvalue weighted by atomic mass is 35.5. The number of para-hydroxylation sites is 2. The fourth-order valence-corrected chi connectivity index (χ4v) is 7.65. The number of esters is 2. The molecule has 18 nitrogen and oxygen atoms in total. The first-order valence-electron chi connectivity index (χ1n) is 20.3. The summed E-state index contributed by atoms with van der Waals surface area (Å²) in [4.78, 5) is 64.9. The Kier molecular flexibility index (Phi) is 14.2. The molecule has 0 spiro atoms. The summed E-state index contributed by atoms with van der Waals surface area (Å²) in [6, 6.07) is 17.0. The van der Waals surface area contributed by atoms with E-state index in [2.05, 4.69) is 35.1 Å². The minimum Gasteiger partial charge on any atom is -0.471 e. The fourth-order valence-electron chi connectivity index (χ4n) is 7.42. The van der Waals surface area contributed by atoms with Crippen LogP contribution in [0.1, 0.15) is 81.0 Å². The van der Waals surface area contributed by atoms with Crippen LogP contribution in [0.25, 0.3) is 11.4 Å². The number of piperidine rings is 2. The van der Waals surface area contributed by atoms with Crippen molar-refractivity contribution in [2.45, 2.75) is 63.8 Å². The van der Waals surface area contributed by atoms with Crippen LogP contribution in [-0.2, 0) is 9.47 Å². The van der Waals surface area contributed by atoms with Crippen LogP contribution in [0.4, 0.5) is 4.39 Å². The zero-order chi connectivity index (χ0) is 45.3. The summed E-state index contributed by atoms with van der Waals surface area (Å²) in [5, 5.41) is 16.6. The molecule has 2 aromatic carbocycles. The Morgan fingerprint density at radius 1 is 0.578 bits per heavy atom. The van der Waals surface area contributed by atoms with Crippen LogP contribution in [0.5, 0.6) is 11.8 Å². The van der Waals surface area contributed by atoms with Crippen LogP contribution in [0.2, 0.25) is 5.02 Å². The third-order valence-corrected chi connectivity index (χ3v) is 11.2. The maximum atomic E-state index is 14.7. The minimum absolute atomic E-state index is 0.0193. The summed E-state index contributed by atoms with van der Waals surface area (Å²) in [5.74, 6) is -2.75. The molecule has 2 aliphatic rings. The number of hydrogen-bond acceptors (Lipinski definition) is 14. The molecule has 0 saturated carbocycles. The number of hydrogen-bond donors (Lipinski definition) is 0. The first-order valence-corrected chi connectivity index (χ1v) is 20.7. The number of rotatable bonds is 10. The molecule has 332 valence electrons. The second-order valence-corrected chi connectivity index (χ2v) is 15.2. The molecule has 0 aliphatic carbocycles. The molecule has 20 heteroatoms. The predicted octanol–water partition coefficient (Wildman–Crippen LogP) is 5.83. The summed E-state index contributed by atoms with van der Waals surface area (Å²) in [7, 11) is 2.45. The molecule has 4 aromatic heterocycles. The van der Waals surface area contributed by atoms with E-state index in [-0.39, 0.29) is 64.5 Å². The Morgan fingerprint density at radius 2 is 1.00 bits per heavy atom. The minimum atomic E-state index is -0.883. The van der Waals surface area contributed by atoms with E-state index in [0.29, 0.717) is 48.3 Å². The van der Waals surface area contributed by atoms with Crippen molar-refractivity contribution in [1.29, 1.82) is 0 Å².